The second-order valence-electron chi connectivity index (χ2n) is 4.58. The zero-order chi connectivity index (χ0) is 9.90. The van der Waals surface area contributed by atoms with Gasteiger partial charge in [-0.05, 0) is 43.4 Å². The molecule has 0 saturated heterocycles. The molecule has 0 bridgehead atoms. The molecule has 0 aromatic heterocycles. The van der Waals surface area contributed by atoms with Gasteiger partial charge in [0.15, 0.2) is 0 Å². The Bertz CT molecular complexity index is 222. The van der Waals surface area contributed by atoms with Crippen LogP contribution in [0.3, 0.4) is 0 Å². The van der Waals surface area contributed by atoms with Crippen molar-refractivity contribution in [1.29, 1.82) is 0 Å². The van der Waals surface area contributed by atoms with Gasteiger partial charge in [-0.25, -0.2) is 0 Å². The molecule has 0 radical (unpaired) electrons. The van der Waals surface area contributed by atoms with Crippen molar-refractivity contribution in [2.45, 2.75) is 33.6 Å². The first kappa shape index (κ1) is 10.3. The fraction of sp³-hybridized carbons (Fsp3) is 0.727. The van der Waals surface area contributed by atoms with Gasteiger partial charge in [-0.15, -0.1) is 0 Å². The summed E-state index contributed by atoms with van der Waals surface area (Å²) in [7, 11) is 0. The monoisotopic (exact) mass is 180 g/mol. The lowest BCUT2D eigenvalue weighted by molar-refractivity contribution is 0.323. The van der Waals surface area contributed by atoms with Gasteiger partial charge in [0.2, 0.25) is 0 Å². The summed E-state index contributed by atoms with van der Waals surface area (Å²) in [6.07, 6.45) is 6.16. The van der Waals surface area contributed by atoms with E-state index in [1.165, 1.54) is 12.8 Å². The quantitative estimate of drug-likeness (QED) is 0.663. The highest BCUT2D eigenvalue weighted by Crippen LogP contribution is 2.45. The first-order chi connectivity index (χ1) is 6.06. The molecular weight excluding hydrogens is 160 g/mol. The molecule has 0 spiro atoms. The molecule has 1 aliphatic rings. The van der Waals surface area contributed by atoms with E-state index >= 15 is 0 Å². The van der Waals surface area contributed by atoms with Crippen LogP contribution in [0.2, 0.25) is 0 Å². The van der Waals surface area contributed by atoms with Crippen LogP contribution in [0.4, 0.5) is 0 Å². The van der Waals surface area contributed by atoms with Crippen molar-refractivity contribution in [3.8, 4) is 0 Å². The van der Waals surface area contributed by atoms with E-state index in [0.29, 0.717) is 5.41 Å². The smallest absolute Gasteiger partial charge is 0.0446 e. The standard InChI is InChI=1S/C11H20N2/c1-9(6-7-12)13-8-11(2,3)10-4-5-10/h6-7,10H,4-5,8,12H2,1-3H3. The lowest BCUT2D eigenvalue weighted by Gasteiger charge is -2.21. The molecule has 1 rings (SSSR count). The van der Waals surface area contributed by atoms with Crippen molar-refractivity contribution in [3.63, 3.8) is 0 Å². The zero-order valence-electron chi connectivity index (χ0n) is 8.88. The summed E-state index contributed by atoms with van der Waals surface area (Å²) in [5.74, 6) is 0.894. The van der Waals surface area contributed by atoms with Crippen LogP contribution in [0.1, 0.15) is 33.6 Å². The third-order valence-corrected chi connectivity index (χ3v) is 2.76. The van der Waals surface area contributed by atoms with Gasteiger partial charge in [0.05, 0.1) is 0 Å². The highest BCUT2D eigenvalue weighted by Gasteiger charge is 2.37. The number of hydrogen-bond donors (Lipinski definition) is 1. The molecule has 2 N–H and O–H groups in total. The molecule has 0 unspecified atom stereocenters. The van der Waals surface area contributed by atoms with Crippen LogP contribution in [0.15, 0.2) is 17.3 Å². The summed E-state index contributed by atoms with van der Waals surface area (Å²) in [6.45, 7) is 7.52. The van der Waals surface area contributed by atoms with E-state index in [9.17, 15) is 0 Å². The first-order valence-corrected chi connectivity index (χ1v) is 4.95. The minimum atomic E-state index is 0.379. The zero-order valence-corrected chi connectivity index (χ0v) is 8.88. The highest BCUT2D eigenvalue weighted by molar-refractivity contribution is 5.92. The predicted molar refractivity (Wildman–Crippen MR) is 57.8 cm³/mol. The Labute approximate surface area is 80.9 Å². The molecule has 2 heteroatoms. The van der Waals surface area contributed by atoms with Crippen LogP contribution in [0, 0.1) is 11.3 Å². The Morgan fingerprint density at radius 1 is 1.54 bits per heavy atom. The van der Waals surface area contributed by atoms with Crippen molar-refractivity contribution in [2.24, 2.45) is 22.1 Å². The Morgan fingerprint density at radius 2 is 2.15 bits per heavy atom. The summed E-state index contributed by atoms with van der Waals surface area (Å²) in [5.41, 5.74) is 6.68. The Balaban J connectivity index is 2.43. The van der Waals surface area contributed by atoms with Crippen LogP contribution < -0.4 is 5.73 Å². The second-order valence-corrected chi connectivity index (χ2v) is 4.58. The van der Waals surface area contributed by atoms with Gasteiger partial charge in [0, 0.05) is 12.3 Å². The van der Waals surface area contributed by atoms with Crippen LogP contribution in [-0.4, -0.2) is 12.3 Å². The minimum Gasteiger partial charge on any atom is -0.405 e. The normalized spacial score (nSPS) is 19.8. The third kappa shape index (κ3) is 3.21. The largest absolute Gasteiger partial charge is 0.405 e. The molecule has 1 aliphatic carbocycles. The molecular formula is C11H20N2. The van der Waals surface area contributed by atoms with Gasteiger partial charge in [-0.2, -0.15) is 0 Å². The van der Waals surface area contributed by atoms with E-state index in [1.807, 2.05) is 13.0 Å². The van der Waals surface area contributed by atoms with Crippen molar-refractivity contribution >= 4 is 5.71 Å². The molecule has 0 heterocycles. The van der Waals surface area contributed by atoms with Gasteiger partial charge >= 0.3 is 0 Å². The van der Waals surface area contributed by atoms with Gasteiger partial charge < -0.3 is 5.73 Å². The third-order valence-electron chi connectivity index (χ3n) is 2.76. The maximum Gasteiger partial charge on any atom is 0.0446 e. The van der Waals surface area contributed by atoms with Crippen molar-refractivity contribution in [2.75, 3.05) is 6.54 Å². The fourth-order valence-electron chi connectivity index (χ4n) is 1.51. The molecule has 74 valence electrons. The summed E-state index contributed by atoms with van der Waals surface area (Å²) < 4.78 is 0. The van der Waals surface area contributed by atoms with Gasteiger partial charge in [0.25, 0.3) is 0 Å². The molecule has 2 nitrogen and oxygen atoms in total. The number of nitrogens with zero attached hydrogens (tertiary/aromatic N) is 1. The number of rotatable bonds is 4. The molecule has 0 amide bonds. The number of nitrogens with two attached hydrogens (primary N) is 1. The van der Waals surface area contributed by atoms with Gasteiger partial charge in [0.1, 0.15) is 0 Å². The van der Waals surface area contributed by atoms with E-state index in [2.05, 4.69) is 18.8 Å². The summed E-state index contributed by atoms with van der Waals surface area (Å²) in [4.78, 5) is 4.50. The van der Waals surface area contributed by atoms with E-state index in [-0.39, 0.29) is 0 Å². The van der Waals surface area contributed by atoms with Gasteiger partial charge in [-0.1, -0.05) is 13.8 Å². The summed E-state index contributed by atoms with van der Waals surface area (Å²) in [5, 5.41) is 0. The maximum absolute atomic E-state index is 5.28. The Hall–Kier alpha value is -0.790. The van der Waals surface area contributed by atoms with Crippen LogP contribution in [0.5, 0.6) is 0 Å². The second kappa shape index (κ2) is 3.95. The molecule has 0 aromatic rings. The van der Waals surface area contributed by atoms with Crippen LogP contribution in [0.25, 0.3) is 0 Å². The Kier molecular flexibility index (Phi) is 3.12. The SMILES string of the molecule is CC(C=CN)=NCC(C)(C)C1CC1. The molecule has 13 heavy (non-hydrogen) atoms. The number of aliphatic imine (C=N–C) groups is 1. The molecule has 0 aromatic carbocycles. The minimum absolute atomic E-state index is 0.379. The van der Waals surface area contributed by atoms with Gasteiger partial charge in [-0.3, -0.25) is 4.99 Å². The topological polar surface area (TPSA) is 38.4 Å². The van der Waals surface area contributed by atoms with E-state index in [0.717, 1.165) is 18.2 Å². The lowest BCUT2D eigenvalue weighted by Crippen LogP contribution is -2.18. The maximum atomic E-state index is 5.28. The first-order valence-electron chi connectivity index (χ1n) is 4.95. The number of allylic oxidation sites excluding steroid dienone is 1. The highest BCUT2D eigenvalue weighted by atomic mass is 14.8. The Morgan fingerprint density at radius 3 is 2.62 bits per heavy atom. The molecule has 1 fully saturated rings. The molecule has 0 aliphatic heterocycles. The van der Waals surface area contributed by atoms with Crippen molar-refractivity contribution in [3.05, 3.63) is 12.3 Å². The van der Waals surface area contributed by atoms with Crippen molar-refractivity contribution in [1.82, 2.24) is 0 Å². The molecule has 0 atom stereocenters. The van der Waals surface area contributed by atoms with Crippen LogP contribution >= 0.6 is 0 Å². The lowest BCUT2D eigenvalue weighted by atomic mass is 9.87. The van der Waals surface area contributed by atoms with E-state index in [1.54, 1.807) is 6.20 Å². The fourth-order valence-corrected chi connectivity index (χ4v) is 1.51. The number of hydrogen-bond acceptors (Lipinski definition) is 2. The summed E-state index contributed by atoms with van der Waals surface area (Å²) in [6, 6.07) is 0. The average Bonchev–Trinajstić information content (AvgIpc) is 2.84. The van der Waals surface area contributed by atoms with Crippen LogP contribution in [-0.2, 0) is 0 Å². The van der Waals surface area contributed by atoms with E-state index in [4.69, 9.17) is 5.73 Å². The summed E-state index contributed by atoms with van der Waals surface area (Å²) >= 11 is 0. The predicted octanol–water partition coefficient (Wildman–Crippen LogP) is 2.36. The van der Waals surface area contributed by atoms with Crippen molar-refractivity contribution < 1.29 is 0 Å². The van der Waals surface area contributed by atoms with E-state index < -0.39 is 0 Å². The average molecular weight is 180 g/mol. The molecule has 1 saturated carbocycles.